The van der Waals surface area contributed by atoms with Crippen molar-refractivity contribution in [2.24, 2.45) is 5.73 Å². The molecule has 0 unspecified atom stereocenters. The van der Waals surface area contributed by atoms with E-state index < -0.39 is 11.5 Å². The summed E-state index contributed by atoms with van der Waals surface area (Å²) in [6.45, 7) is 3.31. The molecule has 0 aliphatic rings. The average Bonchev–Trinajstić information content (AvgIpc) is 2.79. The van der Waals surface area contributed by atoms with Crippen molar-refractivity contribution in [1.29, 1.82) is 0 Å². The maximum atomic E-state index is 12.1. The van der Waals surface area contributed by atoms with Crippen LogP contribution in [0.1, 0.15) is 16.1 Å². The molecule has 0 aliphatic heterocycles. The minimum Gasteiger partial charge on any atom is -0.373 e. The smallest absolute Gasteiger partial charge is 0.290 e. The quantitative estimate of drug-likeness (QED) is 0.852. The number of hydrogen-bond acceptors (Lipinski definition) is 5. The van der Waals surface area contributed by atoms with E-state index in [0.717, 1.165) is 10.3 Å². The Bertz CT molecular complexity index is 646. The van der Waals surface area contributed by atoms with Crippen LogP contribution in [-0.4, -0.2) is 35.2 Å². The number of carbonyl (C=O) groups is 1. The Labute approximate surface area is 122 Å². The summed E-state index contributed by atoms with van der Waals surface area (Å²) in [5.41, 5.74) is 6.23. The Morgan fingerprint density at radius 3 is 2.62 bits per heavy atom. The number of nitrogens with two attached hydrogens (primary N) is 1. The minimum absolute atomic E-state index is 0.0823. The first-order valence-corrected chi connectivity index (χ1v) is 6.79. The van der Waals surface area contributed by atoms with Gasteiger partial charge in [-0.15, -0.1) is 4.74 Å². The molecule has 2 rings (SSSR count). The van der Waals surface area contributed by atoms with E-state index in [9.17, 15) is 9.59 Å². The number of aromatic nitrogens is 1. The van der Waals surface area contributed by atoms with Crippen molar-refractivity contribution in [2.75, 3.05) is 19.6 Å². The van der Waals surface area contributed by atoms with Crippen molar-refractivity contribution >= 4 is 5.91 Å². The lowest BCUT2D eigenvalue weighted by Gasteiger charge is -2.20. The molecule has 0 fully saturated rings. The molecule has 21 heavy (non-hydrogen) atoms. The van der Waals surface area contributed by atoms with Crippen molar-refractivity contribution in [3.8, 4) is 0 Å². The summed E-state index contributed by atoms with van der Waals surface area (Å²) in [5, 5.41) is 0. The van der Waals surface area contributed by atoms with Crippen molar-refractivity contribution in [1.82, 2.24) is 9.64 Å². The van der Waals surface area contributed by atoms with Gasteiger partial charge >= 0.3 is 0 Å². The molecule has 0 amide bonds. The van der Waals surface area contributed by atoms with Crippen LogP contribution in [0, 0.1) is 6.92 Å². The van der Waals surface area contributed by atoms with Crippen LogP contribution in [0.3, 0.4) is 0 Å². The van der Waals surface area contributed by atoms with Crippen LogP contribution in [0.2, 0.25) is 0 Å². The number of aryl methyl sites for hydroxylation is 1. The Morgan fingerprint density at radius 2 is 2.05 bits per heavy atom. The van der Waals surface area contributed by atoms with Crippen molar-refractivity contribution in [2.45, 2.75) is 13.5 Å². The molecule has 1 aromatic heterocycles. The van der Waals surface area contributed by atoms with Crippen LogP contribution in [0.15, 0.2) is 45.7 Å². The molecule has 112 valence electrons. The van der Waals surface area contributed by atoms with Gasteiger partial charge in [0.15, 0.2) is 0 Å². The fraction of sp³-hybridized carbons (Fsp3) is 0.333. The second-order valence-corrected chi connectivity index (χ2v) is 4.86. The predicted molar refractivity (Wildman–Crippen MR) is 79.1 cm³/mol. The van der Waals surface area contributed by atoms with Crippen molar-refractivity contribution in [3.63, 3.8) is 0 Å². The molecular weight excluding hydrogens is 270 g/mol. The van der Waals surface area contributed by atoms with E-state index in [1.54, 1.807) is 6.92 Å². The van der Waals surface area contributed by atoms with E-state index in [4.69, 9.17) is 10.3 Å². The summed E-state index contributed by atoms with van der Waals surface area (Å²) < 4.78 is 5.90. The summed E-state index contributed by atoms with van der Waals surface area (Å²) in [4.78, 5) is 25.6. The summed E-state index contributed by atoms with van der Waals surface area (Å²) in [7, 11) is 0. The van der Waals surface area contributed by atoms with E-state index >= 15 is 0 Å². The maximum absolute atomic E-state index is 12.1. The fourth-order valence-corrected chi connectivity index (χ4v) is 2.12. The van der Waals surface area contributed by atoms with E-state index in [1.807, 2.05) is 35.2 Å². The molecule has 0 aliphatic carbocycles. The lowest BCUT2D eigenvalue weighted by molar-refractivity contribution is 0.0712. The van der Waals surface area contributed by atoms with Gasteiger partial charge in [-0.1, -0.05) is 30.3 Å². The maximum Gasteiger partial charge on any atom is 0.290 e. The van der Waals surface area contributed by atoms with Gasteiger partial charge in [0, 0.05) is 25.7 Å². The van der Waals surface area contributed by atoms with Crippen LogP contribution >= 0.6 is 0 Å². The molecular formula is C15H19N3O3. The molecule has 1 aromatic carbocycles. The summed E-state index contributed by atoms with van der Waals surface area (Å²) >= 11 is 0. The lowest BCUT2D eigenvalue weighted by Crippen LogP contribution is -2.37. The molecule has 0 radical (unpaired) electrons. The first-order chi connectivity index (χ1) is 10.1. The number of nitrogens with zero attached hydrogens (tertiary/aromatic N) is 2. The van der Waals surface area contributed by atoms with Crippen LogP contribution in [0.5, 0.6) is 0 Å². The van der Waals surface area contributed by atoms with Crippen LogP contribution < -0.4 is 11.3 Å². The van der Waals surface area contributed by atoms with Gasteiger partial charge in [0.25, 0.3) is 11.5 Å². The monoisotopic (exact) mass is 289 g/mol. The SMILES string of the molecule is Cc1cc(=O)n(C(=O)CN(CCN)Cc2ccccc2)o1. The first kappa shape index (κ1) is 15.2. The summed E-state index contributed by atoms with van der Waals surface area (Å²) in [5.74, 6) is 0.0271. The van der Waals surface area contributed by atoms with Gasteiger partial charge in [0.05, 0.1) is 6.54 Å². The summed E-state index contributed by atoms with van der Waals surface area (Å²) in [6.07, 6.45) is 0. The summed E-state index contributed by atoms with van der Waals surface area (Å²) in [6, 6.07) is 11.1. The second-order valence-electron chi connectivity index (χ2n) is 4.86. The van der Waals surface area contributed by atoms with Gasteiger partial charge in [-0.05, 0) is 12.5 Å². The molecule has 2 N–H and O–H groups in total. The number of carbonyl (C=O) groups excluding carboxylic acids is 1. The number of rotatable bonds is 6. The van der Waals surface area contributed by atoms with E-state index in [0.29, 0.717) is 25.4 Å². The molecule has 0 spiro atoms. The average molecular weight is 289 g/mol. The second kappa shape index (κ2) is 7.01. The highest BCUT2D eigenvalue weighted by Gasteiger charge is 2.16. The van der Waals surface area contributed by atoms with Crippen LogP contribution in [-0.2, 0) is 6.54 Å². The third-order valence-electron chi connectivity index (χ3n) is 3.04. The molecule has 2 aromatic rings. The minimum atomic E-state index is -0.440. The highest BCUT2D eigenvalue weighted by atomic mass is 16.5. The topological polar surface area (TPSA) is 81.5 Å². The van der Waals surface area contributed by atoms with Gasteiger partial charge in [0.1, 0.15) is 5.76 Å². The van der Waals surface area contributed by atoms with Gasteiger partial charge in [-0.2, -0.15) is 0 Å². The molecule has 0 saturated carbocycles. The van der Waals surface area contributed by atoms with E-state index in [2.05, 4.69) is 0 Å². The normalized spacial score (nSPS) is 11.0. The van der Waals surface area contributed by atoms with Gasteiger partial charge in [-0.3, -0.25) is 14.5 Å². The van der Waals surface area contributed by atoms with E-state index in [1.165, 1.54) is 6.07 Å². The lowest BCUT2D eigenvalue weighted by atomic mass is 10.2. The first-order valence-electron chi connectivity index (χ1n) is 6.79. The molecule has 1 heterocycles. The molecule has 0 atom stereocenters. The predicted octanol–water partition coefficient (Wildman–Crippen LogP) is 0.851. The standard InChI is InChI=1S/C15H19N3O3/c1-12-9-14(19)18(21-12)15(20)11-17(8-7-16)10-13-5-3-2-4-6-13/h2-6,9H,7-8,10-11,16H2,1H3. The Kier molecular flexibility index (Phi) is 5.08. The van der Waals surface area contributed by atoms with Gasteiger partial charge in [-0.25, -0.2) is 0 Å². The highest BCUT2D eigenvalue weighted by molar-refractivity contribution is 5.79. The van der Waals surface area contributed by atoms with Gasteiger partial charge in [0.2, 0.25) is 0 Å². The van der Waals surface area contributed by atoms with Gasteiger partial charge < -0.3 is 10.3 Å². The highest BCUT2D eigenvalue weighted by Crippen LogP contribution is 2.04. The van der Waals surface area contributed by atoms with Crippen LogP contribution in [0.25, 0.3) is 0 Å². The molecule has 6 nitrogen and oxygen atoms in total. The largest absolute Gasteiger partial charge is 0.373 e. The number of benzene rings is 1. The van der Waals surface area contributed by atoms with Crippen molar-refractivity contribution in [3.05, 3.63) is 58.1 Å². The number of hydrogen-bond donors (Lipinski definition) is 1. The van der Waals surface area contributed by atoms with E-state index in [-0.39, 0.29) is 6.54 Å². The Hall–Kier alpha value is -2.18. The Balaban J connectivity index is 2.07. The Morgan fingerprint density at radius 1 is 1.33 bits per heavy atom. The third kappa shape index (κ3) is 4.14. The zero-order valence-electron chi connectivity index (χ0n) is 12.0. The third-order valence-corrected chi connectivity index (χ3v) is 3.04. The van der Waals surface area contributed by atoms with Crippen LogP contribution in [0.4, 0.5) is 0 Å². The molecule has 6 heteroatoms. The zero-order chi connectivity index (χ0) is 15.2. The fourth-order valence-electron chi connectivity index (χ4n) is 2.12. The zero-order valence-corrected chi connectivity index (χ0v) is 12.0. The van der Waals surface area contributed by atoms with Crippen molar-refractivity contribution < 1.29 is 9.32 Å². The molecule has 0 bridgehead atoms. The molecule has 0 saturated heterocycles.